The van der Waals surface area contributed by atoms with Gasteiger partial charge in [0.1, 0.15) is 11.6 Å². The van der Waals surface area contributed by atoms with Crippen molar-refractivity contribution in [3.63, 3.8) is 0 Å². The van der Waals surface area contributed by atoms with Crippen molar-refractivity contribution in [1.29, 1.82) is 0 Å². The Bertz CT molecular complexity index is 1020. The van der Waals surface area contributed by atoms with Gasteiger partial charge in [0.15, 0.2) is 0 Å². The summed E-state index contributed by atoms with van der Waals surface area (Å²) in [4.78, 5) is 12.1. The van der Waals surface area contributed by atoms with E-state index < -0.39 is 0 Å². The highest BCUT2D eigenvalue weighted by Crippen LogP contribution is 2.23. The van der Waals surface area contributed by atoms with Gasteiger partial charge in [0, 0.05) is 36.7 Å². The molecule has 1 aromatic carbocycles. The summed E-state index contributed by atoms with van der Waals surface area (Å²) in [5.74, 6) is 3.00. The Morgan fingerprint density at radius 3 is 2.66 bits per heavy atom. The summed E-state index contributed by atoms with van der Waals surface area (Å²) in [7, 11) is 0. The van der Waals surface area contributed by atoms with Crippen LogP contribution in [0, 0.1) is 0 Å². The largest absolute Gasteiger partial charge is 0.469 e. The van der Waals surface area contributed by atoms with Crippen molar-refractivity contribution >= 4 is 17.7 Å². The lowest BCUT2D eigenvalue weighted by Crippen LogP contribution is -2.27. The molecule has 1 N–H and O–H groups in total. The summed E-state index contributed by atoms with van der Waals surface area (Å²) >= 11 is 1.58. The van der Waals surface area contributed by atoms with Gasteiger partial charge < -0.3 is 14.3 Å². The molecule has 6 nitrogen and oxygen atoms in total. The van der Waals surface area contributed by atoms with Crippen molar-refractivity contribution in [2.24, 2.45) is 0 Å². The lowest BCUT2D eigenvalue weighted by molar-refractivity contribution is -0.118. The zero-order valence-corrected chi connectivity index (χ0v) is 16.7. The number of furan rings is 1. The maximum atomic E-state index is 12.1. The Labute approximate surface area is 173 Å². The van der Waals surface area contributed by atoms with E-state index in [0.717, 1.165) is 22.8 Å². The molecule has 0 bridgehead atoms. The van der Waals surface area contributed by atoms with Crippen LogP contribution in [0.5, 0.6) is 0 Å². The van der Waals surface area contributed by atoms with Gasteiger partial charge in [0.05, 0.1) is 23.9 Å². The molecule has 0 spiro atoms. The molecule has 3 aromatic heterocycles. The van der Waals surface area contributed by atoms with E-state index in [2.05, 4.69) is 15.0 Å². The van der Waals surface area contributed by atoms with E-state index in [9.17, 15) is 4.79 Å². The first-order valence-corrected chi connectivity index (χ1v) is 10.6. The van der Waals surface area contributed by atoms with E-state index in [1.165, 1.54) is 0 Å². The number of carbonyl (C=O) groups is 1. The monoisotopic (exact) mass is 406 g/mol. The van der Waals surface area contributed by atoms with Crippen LogP contribution in [0.2, 0.25) is 0 Å². The summed E-state index contributed by atoms with van der Waals surface area (Å²) in [6.07, 6.45) is 8.23. The summed E-state index contributed by atoms with van der Waals surface area (Å²) < 4.78 is 9.26. The summed E-state index contributed by atoms with van der Waals surface area (Å²) in [6, 6.07) is 17.8. The van der Waals surface area contributed by atoms with Crippen LogP contribution in [-0.4, -0.2) is 32.6 Å². The molecular formula is C22H22N4O2S. The smallest absolute Gasteiger partial charge is 0.230 e. The Balaban J connectivity index is 1.37. The minimum atomic E-state index is 0.0273. The molecule has 0 saturated carbocycles. The van der Waals surface area contributed by atoms with Crippen molar-refractivity contribution in [3.05, 3.63) is 90.8 Å². The number of thioether (sulfide) groups is 1. The second-order valence-corrected chi connectivity index (χ2v) is 7.49. The fourth-order valence-electron chi connectivity index (χ4n) is 3.07. The van der Waals surface area contributed by atoms with E-state index in [1.807, 2.05) is 77.9 Å². The summed E-state index contributed by atoms with van der Waals surface area (Å²) in [5, 5.41) is 7.52. The van der Waals surface area contributed by atoms with Crippen LogP contribution in [-0.2, 0) is 17.0 Å². The molecule has 0 fully saturated rings. The lowest BCUT2D eigenvalue weighted by atomic mass is 10.3. The highest BCUT2D eigenvalue weighted by Gasteiger charge is 2.14. The zero-order chi connectivity index (χ0) is 19.9. The first-order chi connectivity index (χ1) is 14.3. The third-order valence-corrected chi connectivity index (χ3v) is 5.41. The van der Waals surface area contributed by atoms with E-state index >= 15 is 0 Å². The molecule has 0 radical (unpaired) electrons. The normalized spacial score (nSPS) is 10.9. The fourth-order valence-corrected chi connectivity index (χ4v) is 3.88. The summed E-state index contributed by atoms with van der Waals surface area (Å²) in [6.45, 7) is 0.577. The lowest BCUT2D eigenvalue weighted by Gasteiger charge is -2.11. The van der Waals surface area contributed by atoms with E-state index in [4.69, 9.17) is 4.42 Å². The van der Waals surface area contributed by atoms with Crippen molar-refractivity contribution in [2.75, 3.05) is 12.3 Å². The van der Waals surface area contributed by atoms with Gasteiger partial charge in [-0.25, -0.2) is 4.68 Å². The Morgan fingerprint density at radius 2 is 1.90 bits per heavy atom. The highest BCUT2D eigenvalue weighted by atomic mass is 32.2. The van der Waals surface area contributed by atoms with Crippen molar-refractivity contribution in [1.82, 2.24) is 19.7 Å². The van der Waals surface area contributed by atoms with E-state index in [0.29, 0.717) is 24.5 Å². The van der Waals surface area contributed by atoms with Crippen LogP contribution in [0.3, 0.4) is 0 Å². The van der Waals surface area contributed by atoms with Crippen LogP contribution < -0.4 is 5.32 Å². The molecule has 4 aromatic rings. The predicted octanol–water partition coefficient (Wildman–Crippen LogP) is 3.85. The number of carbonyl (C=O) groups excluding carboxylic acids is 1. The Morgan fingerprint density at radius 1 is 1.07 bits per heavy atom. The van der Waals surface area contributed by atoms with E-state index in [1.54, 1.807) is 18.0 Å². The SMILES string of the molecule is O=C(CSCc1cnn(-c2ccccc2)c1-n1cccc1)NCCc1ccco1. The van der Waals surface area contributed by atoms with Gasteiger partial charge >= 0.3 is 0 Å². The van der Waals surface area contributed by atoms with Crippen LogP contribution in [0.1, 0.15) is 11.3 Å². The maximum absolute atomic E-state index is 12.1. The molecule has 148 valence electrons. The standard InChI is InChI=1S/C22H22N4O2S/c27-21(23-11-10-20-9-6-14-28-20)17-29-16-18-15-24-26(19-7-2-1-3-8-19)22(18)25-12-4-5-13-25/h1-9,12-15H,10-11,16-17H2,(H,23,27). The highest BCUT2D eigenvalue weighted by molar-refractivity contribution is 7.99. The second kappa shape index (κ2) is 9.34. The number of hydrogen-bond acceptors (Lipinski definition) is 4. The van der Waals surface area contributed by atoms with Crippen LogP contribution >= 0.6 is 11.8 Å². The minimum absolute atomic E-state index is 0.0273. The molecule has 0 atom stereocenters. The number of rotatable bonds is 9. The molecule has 0 aliphatic heterocycles. The third kappa shape index (κ3) is 4.81. The molecule has 7 heteroatoms. The molecular weight excluding hydrogens is 384 g/mol. The second-order valence-electron chi connectivity index (χ2n) is 6.50. The molecule has 1 amide bonds. The Kier molecular flexibility index (Phi) is 6.16. The first kappa shape index (κ1) is 19.1. The average Bonchev–Trinajstić information content (AvgIpc) is 3.50. The zero-order valence-electron chi connectivity index (χ0n) is 15.9. The van der Waals surface area contributed by atoms with Crippen LogP contribution in [0.25, 0.3) is 11.5 Å². The van der Waals surface area contributed by atoms with Gasteiger partial charge in [0.25, 0.3) is 0 Å². The van der Waals surface area contributed by atoms with Gasteiger partial charge in [-0.1, -0.05) is 18.2 Å². The van der Waals surface area contributed by atoms with Gasteiger partial charge in [-0.3, -0.25) is 4.79 Å². The van der Waals surface area contributed by atoms with Gasteiger partial charge in [0.2, 0.25) is 5.91 Å². The molecule has 4 rings (SSSR count). The van der Waals surface area contributed by atoms with Crippen LogP contribution in [0.4, 0.5) is 0 Å². The number of hydrogen-bond donors (Lipinski definition) is 1. The van der Waals surface area contributed by atoms with Crippen molar-refractivity contribution < 1.29 is 9.21 Å². The van der Waals surface area contributed by atoms with Crippen LogP contribution in [0.15, 0.2) is 83.9 Å². The topological polar surface area (TPSA) is 65.0 Å². The van der Waals surface area contributed by atoms with Gasteiger partial charge in [-0.15, -0.1) is 11.8 Å². The molecule has 29 heavy (non-hydrogen) atoms. The molecule has 0 aliphatic rings. The third-order valence-electron chi connectivity index (χ3n) is 4.43. The number of nitrogens with one attached hydrogen (secondary N) is 1. The number of aromatic nitrogens is 3. The molecule has 0 unspecified atom stereocenters. The van der Waals surface area contributed by atoms with E-state index in [-0.39, 0.29) is 5.91 Å². The average molecular weight is 407 g/mol. The van der Waals surface area contributed by atoms with Crippen molar-refractivity contribution in [3.8, 4) is 11.5 Å². The molecule has 3 heterocycles. The summed E-state index contributed by atoms with van der Waals surface area (Å²) in [5.41, 5.74) is 2.08. The minimum Gasteiger partial charge on any atom is -0.469 e. The molecule has 0 aliphatic carbocycles. The predicted molar refractivity (Wildman–Crippen MR) is 114 cm³/mol. The van der Waals surface area contributed by atoms with Gasteiger partial charge in [-0.05, 0) is 36.4 Å². The van der Waals surface area contributed by atoms with Gasteiger partial charge in [-0.2, -0.15) is 5.10 Å². The maximum Gasteiger partial charge on any atom is 0.230 e. The number of nitrogens with zero attached hydrogens (tertiary/aromatic N) is 3. The number of amides is 1. The van der Waals surface area contributed by atoms with Crippen molar-refractivity contribution in [2.45, 2.75) is 12.2 Å². The number of para-hydroxylation sites is 1. The first-order valence-electron chi connectivity index (χ1n) is 9.44. The quantitative estimate of drug-likeness (QED) is 0.459. The Hall–Kier alpha value is -3.19. The number of benzene rings is 1. The fraction of sp³-hybridized carbons (Fsp3) is 0.182. The molecule has 0 saturated heterocycles.